The summed E-state index contributed by atoms with van der Waals surface area (Å²) in [5, 5.41) is 5.37. The van der Waals surface area contributed by atoms with Crippen molar-refractivity contribution < 1.29 is 9.53 Å². The normalized spacial score (nSPS) is 25.8. The number of amides is 1. The third kappa shape index (κ3) is 3.15. The van der Waals surface area contributed by atoms with Crippen LogP contribution in [0.25, 0.3) is 0 Å². The maximum absolute atomic E-state index is 12.6. The van der Waals surface area contributed by atoms with Crippen molar-refractivity contribution in [3.63, 3.8) is 0 Å². The average molecular weight is 308 g/mol. The number of ether oxygens (including phenoxy) is 1. The lowest BCUT2D eigenvalue weighted by Crippen LogP contribution is -2.44. The smallest absolute Gasteiger partial charge is 0.261 e. The molecule has 1 aromatic rings. The molecule has 116 valence electrons. The summed E-state index contributed by atoms with van der Waals surface area (Å²) in [6, 6.07) is 0.101. The fourth-order valence-corrected chi connectivity index (χ4v) is 4.49. The number of likely N-dealkylation sites (N-methyl/N-ethyl adjacent to an activating group) is 1. The van der Waals surface area contributed by atoms with Gasteiger partial charge in [-0.25, -0.2) is 0 Å². The van der Waals surface area contributed by atoms with E-state index in [9.17, 15) is 4.79 Å². The van der Waals surface area contributed by atoms with Gasteiger partial charge in [0.25, 0.3) is 5.91 Å². The Bertz CT molecular complexity index is 514. The van der Waals surface area contributed by atoms with E-state index in [0.29, 0.717) is 6.61 Å². The number of rotatable bonds is 4. The minimum Gasteiger partial charge on any atom is -0.375 e. The number of likely N-dealkylation sites (tertiary alicyclic amines) is 1. The summed E-state index contributed by atoms with van der Waals surface area (Å²) in [5.41, 5.74) is 2.68. The molecular formula is C16H24N2O2S. The van der Waals surface area contributed by atoms with Crippen LogP contribution in [0.4, 0.5) is 0 Å². The van der Waals surface area contributed by atoms with Gasteiger partial charge in [-0.15, -0.1) is 11.3 Å². The molecule has 0 radical (unpaired) electrons. The first-order valence-corrected chi connectivity index (χ1v) is 8.77. The second kappa shape index (κ2) is 6.46. The highest BCUT2D eigenvalue weighted by molar-refractivity contribution is 7.12. The number of carbonyl (C=O) groups excluding carboxylic acids is 1. The van der Waals surface area contributed by atoms with E-state index in [1.165, 1.54) is 24.0 Å². The molecule has 0 aromatic carbocycles. The van der Waals surface area contributed by atoms with Crippen molar-refractivity contribution in [2.45, 2.75) is 44.8 Å². The van der Waals surface area contributed by atoms with E-state index in [4.69, 9.17) is 4.74 Å². The first-order valence-electron chi connectivity index (χ1n) is 7.89. The SMILES string of the molecule is CCO[C@H]1CN(C)C[C@@H]1NC(=O)c1scc2c1CCCC2. The van der Waals surface area contributed by atoms with Gasteiger partial charge in [0, 0.05) is 19.7 Å². The van der Waals surface area contributed by atoms with Crippen LogP contribution in [0.3, 0.4) is 0 Å². The van der Waals surface area contributed by atoms with Crippen molar-refractivity contribution in [3.8, 4) is 0 Å². The summed E-state index contributed by atoms with van der Waals surface area (Å²) in [7, 11) is 2.07. The molecule has 0 unspecified atom stereocenters. The van der Waals surface area contributed by atoms with Crippen LogP contribution in [0.2, 0.25) is 0 Å². The van der Waals surface area contributed by atoms with E-state index in [1.54, 1.807) is 11.3 Å². The molecular weight excluding hydrogens is 284 g/mol. The maximum atomic E-state index is 12.6. The summed E-state index contributed by atoms with van der Waals surface area (Å²) >= 11 is 1.61. The molecule has 4 nitrogen and oxygen atoms in total. The Kier molecular flexibility index (Phi) is 4.62. The Morgan fingerprint density at radius 2 is 2.24 bits per heavy atom. The third-order valence-corrected chi connectivity index (χ3v) is 5.53. The second-order valence-electron chi connectivity index (χ2n) is 6.07. The van der Waals surface area contributed by atoms with Crippen molar-refractivity contribution in [2.75, 3.05) is 26.7 Å². The van der Waals surface area contributed by atoms with Crippen molar-refractivity contribution in [1.29, 1.82) is 0 Å². The molecule has 1 N–H and O–H groups in total. The zero-order chi connectivity index (χ0) is 14.8. The lowest BCUT2D eigenvalue weighted by molar-refractivity contribution is 0.0514. The second-order valence-corrected chi connectivity index (χ2v) is 6.95. The molecule has 1 saturated heterocycles. The zero-order valence-electron chi connectivity index (χ0n) is 12.9. The Morgan fingerprint density at radius 1 is 1.43 bits per heavy atom. The van der Waals surface area contributed by atoms with Crippen LogP contribution in [0.1, 0.15) is 40.6 Å². The standard InChI is InChI=1S/C16H24N2O2S/c1-3-20-14-9-18(2)8-13(14)17-16(19)15-12-7-5-4-6-11(12)10-21-15/h10,13-14H,3-9H2,1-2H3,(H,17,19)/t13-,14-/m0/s1. The van der Waals surface area contributed by atoms with E-state index in [0.717, 1.165) is 30.8 Å². The van der Waals surface area contributed by atoms with Gasteiger partial charge < -0.3 is 15.0 Å². The van der Waals surface area contributed by atoms with Crippen molar-refractivity contribution >= 4 is 17.2 Å². The topological polar surface area (TPSA) is 41.6 Å². The van der Waals surface area contributed by atoms with Gasteiger partial charge in [-0.05, 0) is 56.2 Å². The van der Waals surface area contributed by atoms with Gasteiger partial charge in [0.05, 0.1) is 17.0 Å². The summed E-state index contributed by atoms with van der Waals surface area (Å²) in [6.45, 7) is 4.46. The number of nitrogens with zero attached hydrogens (tertiary/aromatic N) is 1. The molecule has 1 aromatic heterocycles. The summed E-state index contributed by atoms with van der Waals surface area (Å²) in [5.74, 6) is 0.0909. The molecule has 5 heteroatoms. The number of carbonyl (C=O) groups is 1. The number of nitrogens with one attached hydrogen (secondary N) is 1. The van der Waals surface area contributed by atoms with Crippen LogP contribution < -0.4 is 5.32 Å². The number of fused-ring (bicyclic) bond motifs is 1. The van der Waals surface area contributed by atoms with Crippen LogP contribution in [-0.4, -0.2) is 49.7 Å². The first-order chi connectivity index (χ1) is 10.2. The molecule has 1 amide bonds. The van der Waals surface area contributed by atoms with Crippen molar-refractivity contribution in [2.24, 2.45) is 0 Å². The Balaban J connectivity index is 1.70. The van der Waals surface area contributed by atoms with Crippen LogP contribution in [0.5, 0.6) is 0 Å². The van der Waals surface area contributed by atoms with Crippen LogP contribution in [0.15, 0.2) is 5.38 Å². The van der Waals surface area contributed by atoms with E-state index in [1.807, 2.05) is 6.92 Å². The Morgan fingerprint density at radius 3 is 3.05 bits per heavy atom. The first kappa shape index (κ1) is 15.0. The number of hydrogen-bond acceptors (Lipinski definition) is 4. The molecule has 2 aliphatic rings. The van der Waals surface area contributed by atoms with E-state index < -0.39 is 0 Å². The minimum absolute atomic E-state index is 0.0909. The molecule has 21 heavy (non-hydrogen) atoms. The van der Waals surface area contributed by atoms with Crippen molar-refractivity contribution in [1.82, 2.24) is 10.2 Å². The van der Waals surface area contributed by atoms with Gasteiger partial charge in [-0.2, -0.15) is 0 Å². The predicted octanol–water partition coefficient (Wildman–Crippen LogP) is 2.08. The van der Waals surface area contributed by atoms with Gasteiger partial charge >= 0.3 is 0 Å². The highest BCUT2D eigenvalue weighted by Crippen LogP contribution is 2.30. The average Bonchev–Trinajstić information content (AvgIpc) is 3.03. The Hall–Kier alpha value is -0.910. The number of thiophene rings is 1. The predicted molar refractivity (Wildman–Crippen MR) is 85.1 cm³/mol. The van der Waals surface area contributed by atoms with E-state index in [-0.39, 0.29) is 18.1 Å². The largest absolute Gasteiger partial charge is 0.375 e. The fraction of sp³-hybridized carbons (Fsp3) is 0.688. The van der Waals surface area contributed by atoms with Crippen LogP contribution in [-0.2, 0) is 17.6 Å². The lowest BCUT2D eigenvalue weighted by atomic mass is 9.94. The summed E-state index contributed by atoms with van der Waals surface area (Å²) < 4.78 is 5.76. The maximum Gasteiger partial charge on any atom is 0.261 e. The highest BCUT2D eigenvalue weighted by atomic mass is 32.1. The van der Waals surface area contributed by atoms with Crippen molar-refractivity contribution in [3.05, 3.63) is 21.4 Å². The Labute approximate surface area is 130 Å². The molecule has 3 rings (SSSR count). The highest BCUT2D eigenvalue weighted by Gasteiger charge is 2.33. The van der Waals surface area contributed by atoms with Gasteiger partial charge in [-0.1, -0.05) is 0 Å². The molecule has 2 atom stereocenters. The van der Waals surface area contributed by atoms with E-state index in [2.05, 4.69) is 22.6 Å². The van der Waals surface area contributed by atoms with E-state index >= 15 is 0 Å². The monoisotopic (exact) mass is 308 g/mol. The molecule has 2 heterocycles. The van der Waals surface area contributed by atoms with Gasteiger partial charge in [-0.3, -0.25) is 4.79 Å². The quantitative estimate of drug-likeness (QED) is 0.926. The molecule has 1 aliphatic heterocycles. The summed E-state index contributed by atoms with van der Waals surface area (Å²) in [6.07, 6.45) is 4.76. The third-order valence-electron chi connectivity index (χ3n) is 4.46. The summed E-state index contributed by atoms with van der Waals surface area (Å²) in [4.78, 5) is 15.8. The fourth-order valence-electron chi connectivity index (χ4n) is 3.43. The lowest BCUT2D eigenvalue weighted by Gasteiger charge is -2.20. The number of aryl methyl sites for hydroxylation is 1. The molecule has 1 aliphatic carbocycles. The molecule has 0 bridgehead atoms. The molecule has 1 fully saturated rings. The van der Waals surface area contributed by atoms with Crippen LogP contribution in [0, 0.1) is 0 Å². The van der Waals surface area contributed by atoms with Gasteiger partial charge in [0.1, 0.15) is 0 Å². The zero-order valence-corrected chi connectivity index (χ0v) is 13.7. The van der Waals surface area contributed by atoms with Gasteiger partial charge in [0.15, 0.2) is 0 Å². The molecule has 0 spiro atoms. The molecule has 0 saturated carbocycles. The number of hydrogen-bond donors (Lipinski definition) is 1. The van der Waals surface area contributed by atoms with Crippen LogP contribution >= 0.6 is 11.3 Å². The van der Waals surface area contributed by atoms with Gasteiger partial charge in [0.2, 0.25) is 0 Å². The minimum atomic E-state index is 0.0909.